The first-order chi connectivity index (χ1) is 12.3. The maximum Gasteiger partial charge on any atom is 0.0879 e. The second-order valence-electron chi connectivity index (χ2n) is 7.42. The molecular weight excluding hydrogens is 318 g/mol. The van der Waals surface area contributed by atoms with Crippen LogP contribution in [0, 0.1) is 41.5 Å². The van der Waals surface area contributed by atoms with Crippen LogP contribution < -0.4 is 21.3 Å². The predicted molar refractivity (Wildman–Crippen MR) is 108 cm³/mol. The Morgan fingerprint density at radius 2 is 1.58 bits per heavy atom. The number of aryl methyl sites for hydroxylation is 2. The third-order valence-electron chi connectivity index (χ3n) is 5.70. The number of hydrogen-bond acceptors (Lipinski definition) is 1. The van der Waals surface area contributed by atoms with E-state index in [1.807, 2.05) is 0 Å². The van der Waals surface area contributed by atoms with Crippen molar-refractivity contribution in [2.45, 2.75) is 41.5 Å². The standard InChI is InChI=1S/C23H25N3/c1-12-9-21(25-20(12)10-18-8-7-13(2)24-18)22-11-19-16(5)14(3)15(4)17(6)23(19)26-22/h7-11,24-25H,1-6H3/b20-10-,22-21?. The molecule has 0 amide bonds. The molecule has 3 heterocycles. The van der Waals surface area contributed by atoms with Crippen molar-refractivity contribution in [3.8, 4) is 0 Å². The Labute approximate surface area is 153 Å². The highest BCUT2D eigenvalue weighted by Gasteiger charge is 2.12. The summed E-state index contributed by atoms with van der Waals surface area (Å²) < 4.78 is 0. The maximum atomic E-state index is 4.96. The van der Waals surface area contributed by atoms with Crippen molar-refractivity contribution < 1.29 is 0 Å². The van der Waals surface area contributed by atoms with Crippen molar-refractivity contribution in [2.75, 3.05) is 0 Å². The topological polar surface area (TPSA) is 43.9 Å². The summed E-state index contributed by atoms with van der Waals surface area (Å²) in [5, 5.41) is 4.58. The summed E-state index contributed by atoms with van der Waals surface area (Å²) in [4.78, 5) is 11.9. The van der Waals surface area contributed by atoms with E-state index < -0.39 is 0 Å². The van der Waals surface area contributed by atoms with Gasteiger partial charge in [-0.2, -0.15) is 0 Å². The van der Waals surface area contributed by atoms with E-state index in [0.717, 1.165) is 27.4 Å². The fourth-order valence-electron chi connectivity index (χ4n) is 3.70. The molecule has 4 rings (SSSR count). The quantitative estimate of drug-likeness (QED) is 0.681. The minimum atomic E-state index is 1.02. The average molecular weight is 343 g/mol. The van der Waals surface area contributed by atoms with Gasteiger partial charge in [0.1, 0.15) is 0 Å². The van der Waals surface area contributed by atoms with Crippen molar-refractivity contribution in [3.63, 3.8) is 0 Å². The lowest BCUT2D eigenvalue weighted by Gasteiger charge is -2.08. The SMILES string of the molecule is Cc1ccc(/C=c2\[nH]c(=C3C=c4c(C)c(C)c(C)c(C)c4=N3)cc2C)[nH]1. The van der Waals surface area contributed by atoms with Gasteiger partial charge in [0.25, 0.3) is 0 Å². The molecule has 0 radical (unpaired) electrons. The molecule has 0 aliphatic carbocycles. The summed E-state index contributed by atoms with van der Waals surface area (Å²) >= 11 is 0. The van der Waals surface area contributed by atoms with Gasteiger partial charge >= 0.3 is 0 Å². The van der Waals surface area contributed by atoms with Gasteiger partial charge in [-0.1, -0.05) is 0 Å². The zero-order valence-electron chi connectivity index (χ0n) is 16.3. The van der Waals surface area contributed by atoms with E-state index in [2.05, 4.69) is 81.9 Å². The average Bonchev–Trinajstić information content (AvgIpc) is 3.31. The number of hydrogen-bond donors (Lipinski definition) is 2. The third kappa shape index (κ3) is 2.55. The summed E-state index contributed by atoms with van der Waals surface area (Å²) in [6.07, 6.45) is 4.37. The molecule has 0 fully saturated rings. The highest BCUT2D eigenvalue weighted by atomic mass is 14.8. The van der Waals surface area contributed by atoms with Gasteiger partial charge in [0.15, 0.2) is 0 Å². The molecule has 3 nitrogen and oxygen atoms in total. The first-order valence-corrected chi connectivity index (χ1v) is 9.09. The molecule has 0 spiro atoms. The second kappa shape index (κ2) is 5.87. The molecule has 0 saturated heterocycles. The number of benzene rings is 1. The molecule has 0 bridgehead atoms. The molecule has 1 aliphatic heterocycles. The van der Waals surface area contributed by atoms with Gasteiger partial charge in [-0.3, -0.25) is 0 Å². The van der Waals surface area contributed by atoms with E-state index >= 15 is 0 Å². The van der Waals surface area contributed by atoms with E-state index in [4.69, 9.17) is 4.99 Å². The number of H-pyrrole nitrogens is 2. The largest absolute Gasteiger partial charge is 0.359 e. The molecule has 1 aliphatic rings. The van der Waals surface area contributed by atoms with Gasteiger partial charge in [0.05, 0.1) is 16.4 Å². The van der Waals surface area contributed by atoms with Crippen molar-refractivity contribution in [3.05, 3.63) is 78.7 Å². The van der Waals surface area contributed by atoms with Crippen molar-refractivity contribution in [1.29, 1.82) is 0 Å². The van der Waals surface area contributed by atoms with Crippen LogP contribution in [0.2, 0.25) is 0 Å². The van der Waals surface area contributed by atoms with Gasteiger partial charge < -0.3 is 9.97 Å². The lowest BCUT2D eigenvalue weighted by molar-refractivity contribution is 1.14. The molecule has 0 saturated carbocycles. The summed E-state index contributed by atoms with van der Waals surface area (Å²) in [6, 6.07) is 6.38. The maximum absolute atomic E-state index is 4.96. The van der Waals surface area contributed by atoms with Gasteiger partial charge in [0, 0.05) is 22.0 Å². The molecule has 0 atom stereocenters. The lowest BCUT2D eigenvalue weighted by Crippen LogP contribution is -2.29. The van der Waals surface area contributed by atoms with Crippen molar-refractivity contribution in [2.24, 2.45) is 4.99 Å². The van der Waals surface area contributed by atoms with Crippen LogP contribution >= 0.6 is 0 Å². The van der Waals surface area contributed by atoms with Crippen LogP contribution in [0.15, 0.2) is 23.2 Å². The molecule has 3 aromatic rings. The lowest BCUT2D eigenvalue weighted by atomic mass is 9.97. The number of nitrogens with zero attached hydrogens (tertiary/aromatic N) is 1. The summed E-state index contributed by atoms with van der Waals surface area (Å²) in [7, 11) is 0. The molecule has 132 valence electrons. The first-order valence-electron chi connectivity index (χ1n) is 9.09. The van der Waals surface area contributed by atoms with Gasteiger partial charge in [-0.15, -0.1) is 0 Å². The van der Waals surface area contributed by atoms with Crippen LogP contribution in [0.1, 0.15) is 39.2 Å². The van der Waals surface area contributed by atoms with Crippen molar-refractivity contribution >= 4 is 17.8 Å². The van der Waals surface area contributed by atoms with E-state index in [1.165, 1.54) is 38.7 Å². The highest BCUT2D eigenvalue weighted by molar-refractivity contribution is 5.78. The Morgan fingerprint density at radius 1 is 0.846 bits per heavy atom. The fraction of sp³-hybridized carbons (Fsp3) is 0.261. The Hall–Kier alpha value is -2.81. The van der Waals surface area contributed by atoms with Crippen LogP contribution in [-0.4, -0.2) is 9.97 Å². The van der Waals surface area contributed by atoms with Gasteiger partial charge in [0.2, 0.25) is 0 Å². The van der Waals surface area contributed by atoms with E-state index in [1.54, 1.807) is 0 Å². The Morgan fingerprint density at radius 3 is 2.27 bits per heavy atom. The molecular formula is C23H25N3. The zero-order chi connectivity index (χ0) is 18.6. The molecule has 3 heteroatoms. The molecule has 0 unspecified atom stereocenters. The minimum Gasteiger partial charge on any atom is -0.359 e. The van der Waals surface area contributed by atoms with Crippen LogP contribution in [0.4, 0.5) is 0 Å². The molecule has 1 aromatic carbocycles. The zero-order valence-corrected chi connectivity index (χ0v) is 16.3. The molecule has 2 N–H and O–H groups in total. The van der Waals surface area contributed by atoms with Crippen molar-refractivity contribution in [1.82, 2.24) is 9.97 Å². The Bertz CT molecular complexity index is 1230. The third-order valence-corrected chi connectivity index (χ3v) is 5.70. The van der Waals surface area contributed by atoms with Crippen LogP contribution in [0.25, 0.3) is 17.8 Å². The smallest absolute Gasteiger partial charge is 0.0879 e. The Kier molecular flexibility index (Phi) is 3.76. The van der Waals surface area contributed by atoms with E-state index in [-0.39, 0.29) is 0 Å². The molecule has 2 aromatic heterocycles. The Balaban J connectivity index is 1.96. The second-order valence-corrected chi connectivity index (χ2v) is 7.42. The number of rotatable bonds is 1. The summed E-state index contributed by atoms with van der Waals surface area (Å²) in [5.41, 5.74) is 9.84. The van der Waals surface area contributed by atoms with Gasteiger partial charge in [-0.05, 0) is 99.7 Å². The fourth-order valence-corrected chi connectivity index (χ4v) is 3.70. The number of aromatic amines is 2. The number of fused-ring (bicyclic) bond motifs is 1. The summed E-state index contributed by atoms with van der Waals surface area (Å²) in [5.74, 6) is 0. The van der Waals surface area contributed by atoms with E-state index in [0.29, 0.717) is 0 Å². The van der Waals surface area contributed by atoms with Crippen LogP contribution in [0.3, 0.4) is 0 Å². The van der Waals surface area contributed by atoms with Crippen LogP contribution in [0.5, 0.6) is 0 Å². The number of nitrogens with one attached hydrogen (secondary N) is 2. The number of aromatic nitrogens is 2. The summed E-state index contributed by atoms with van der Waals surface area (Å²) in [6.45, 7) is 13.0. The monoisotopic (exact) mass is 343 g/mol. The minimum absolute atomic E-state index is 1.02. The van der Waals surface area contributed by atoms with Gasteiger partial charge in [-0.25, -0.2) is 4.99 Å². The first kappa shape index (κ1) is 16.6. The van der Waals surface area contributed by atoms with Crippen LogP contribution in [-0.2, 0) is 0 Å². The van der Waals surface area contributed by atoms with E-state index in [9.17, 15) is 0 Å². The predicted octanol–water partition coefficient (Wildman–Crippen LogP) is 2.24. The highest BCUT2D eigenvalue weighted by Crippen LogP contribution is 2.13. The molecule has 26 heavy (non-hydrogen) atoms. The normalized spacial score (nSPS) is 15.8.